The van der Waals surface area contributed by atoms with Crippen molar-refractivity contribution in [1.29, 1.82) is 0 Å². The fraction of sp³-hybridized carbons (Fsp3) is 0.231. The van der Waals surface area contributed by atoms with Crippen molar-refractivity contribution in [2.24, 2.45) is 0 Å². The van der Waals surface area contributed by atoms with Crippen molar-refractivity contribution in [3.05, 3.63) is 87.5 Å². The first-order valence-electron chi connectivity index (χ1n) is 10.2. The molecule has 3 rings (SSSR count). The molecule has 0 aliphatic heterocycles. The Morgan fingerprint density at radius 3 is 1.81 bits per heavy atom. The molecule has 0 radical (unpaired) electrons. The smallest absolute Gasteiger partial charge is 0.459 e. The summed E-state index contributed by atoms with van der Waals surface area (Å²) in [5.74, 6) is 0.288. The molecule has 0 heterocycles. The second-order valence-corrected chi connectivity index (χ2v) is 9.10. The van der Waals surface area contributed by atoms with Gasteiger partial charge in [0, 0.05) is 5.56 Å². The van der Waals surface area contributed by atoms with Gasteiger partial charge in [-0.05, 0) is 74.2 Å². The zero-order valence-corrected chi connectivity index (χ0v) is 20.0. The number of carbonyl (C=O) groups is 2. The van der Waals surface area contributed by atoms with Crippen molar-refractivity contribution in [2.75, 3.05) is 14.2 Å². The van der Waals surface area contributed by atoms with Crippen LogP contribution in [-0.2, 0) is 4.57 Å². The van der Waals surface area contributed by atoms with Crippen LogP contribution >= 0.6 is 7.80 Å². The Bertz CT molecular complexity index is 1190. The third-order valence-electron chi connectivity index (χ3n) is 5.79. The van der Waals surface area contributed by atoms with E-state index in [1.54, 1.807) is 42.5 Å². The number of hydrogen-bond acceptors (Lipinski definition) is 5. The lowest BCUT2D eigenvalue weighted by atomic mass is 9.89. The zero-order chi connectivity index (χ0) is 23.6. The number of ether oxygens (including phenoxy) is 2. The van der Waals surface area contributed by atoms with E-state index in [1.165, 1.54) is 14.2 Å². The maximum atomic E-state index is 13.6. The van der Waals surface area contributed by atoms with Crippen LogP contribution in [0.4, 0.5) is 0 Å². The molecule has 0 bridgehead atoms. The van der Waals surface area contributed by atoms with Gasteiger partial charge in [-0.15, -0.1) is 0 Å². The Labute approximate surface area is 189 Å². The second-order valence-electron chi connectivity index (χ2n) is 7.62. The molecule has 1 atom stereocenters. The molecule has 0 aliphatic carbocycles. The minimum absolute atomic E-state index is 0.0969. The first-order valence-corrected chi connectivity index (χ1v) is 11.4. The highest BCUT2D eigenvalue weighted by Crippen LogP contribution is 2.38. The van der Waals surface area contributed by atoms with E-state index >= 15 is 0 Å². The maximum absolute atomic E-state index is 13.6. The van der Waals surface area contributed by atoms with Crippen LogP contribution in [-0.4, -0.2) is 25.5 Å². The predicted octanol–water partition coefficient (Wildman–Crippen LogP) is 5.46. The minimum atomic E-state index is -2.60. The van der Waals surface area contributed by atoms with Crippen LogP contribution in [0.2, 0.25) is 0 Å². The Morgan fingerprint density at radius 2 is 1.28 bits per heavy atom. The summed E-state index contributed by atoms with van der Waals surface area (Å²) >= 11 is 0. The summed E-state index contributed by atoms with van der Waals surface area (Å²) in [6.07, 6.45) is 0. The topological polar surface area (TPSA) is 69.7 Å². The summed E-state index contributed by atoms with van der Waals surface area (Å²) in [4.78, 5) is 26.9. The number of aryl methyl sites for hydroxylation is 2. The van der Waals surface area contributed by atoms with Gasteiger partial charge >= 0.3 is 13.3 Å². The summed E-state index contributed by atoms with van der Waals surface area (Å²) < 4.78 is 24.1. The molecule has 0 fully saturated rings. The number of methoxy groups -OCH3 is 2. The molecule has 6 heteroatoms. The molecule has 5 nitrogen and oxygen atoms in total. The SMILES string of the molecule is COc1cccc(OC)c1C(=O)[P+](=O)c1ccccc1C(=O)c1c(C)c(C)cc(C)c1C. The average molecular weight is 449 g/mol. The standard InChI is InChI=1S/C26H26O5P/c1-15-14-16(2)18(4)23(17(15)3)25(27)19-10-7-8-13-22(19)32(29)26(28)24-20(30-5)11-9-12-21(24)31-6/h7-14H,1-6H3/q+1. The number of rotatable bonds is 7. The van der Waals surface area contributed by atoms with E-state index in [1.807, 2.05) is 33.8 Å². The molecule has 0 spiro atoms. The van der Waals surface area contributed by atoms with Crippen LogP contribution in [0.25, 0.3) is 0 Å². The first-order chi connectivity index (χ1) is 15.2. The van der Waals surface area contributed by atoms with Crippen LogP contribution in [0.15, 0.2) is 48.5 Å². The summed E-state index contributed by atoms with van der Waals surface area (Å²) in [6, 6.07) is 13.5. The Kier molecular flexibility index (Phi) is 6.90. The van der Waals surface area contributed by atoms with Crippen molar-refractivity contribution >= 4 is 24.4 Å². The van der Waals surface area contributed by atoms with Crippen LogP contribution in [0.3, 0.4) is 0 Å². The van der Waals surface area contributed by atoms with Gasteiger partial charge in [-0.3, -0.25) is 4.79 Å². The fourth-order valence-electron chi connectivity index (χ4n) is 3.81. The third kappa shape index (κ3) is 4.09. The number of carbonyl (C=O) groups excluding carboxylic acids is 2. The zero-order valence-electron chi connectivity index (χ0n) is 19.1. The third-order valence-corrected chi connectivity index (χ3v) is 7.21. The Morgan fingerprint density at radius 1 is 0.750 bits per heavy atom. The molecule has 3 aromatic carbocycles. The van der Waals surface area contributed by atoms with Gasteiger partial charge in [0.2, 0.25) is 5.30 Å². The van der Waals surface area contributed by atoms with Gasteiger partial charge in [0.1, 0.15) is 11.5 Å². The molecule has 0 amide bonds. The van der Waals surface area contributed by atoms with Crippen molar-refractivity contribution in [1.82, 2.24) is 0 Å². The number of hydrogen-bond donors (Lipinski definition) is 0. The van der Waals surface area contributed by atoms with Crippen LogP contribution < -0.4 is 14.8 Å². The van der Waals surface area contributed by atoms with E-state index in [4.69, 9.17) is 9.47 Å². The molecule has 0 saturated carbocycles. The van der Waals surface area contributed by atoms with E-state index in [0.29, 0.717) is 5.56 Å². The van der Waals surface area contributed by atoms with Crippen molar-refractivity contribution < 1.29 is 23.6 Å². The molecular formula is C26H26O5P+. The van der Waals surface area contributed by atoms with Gasteiger partial charge in [0.25, 0.3) is 0 Å². The molecule has 0 saturated heterocycles. The van der Waals surface area contributed by atoms with Gasteiger partial charge in [-0.25, -0.2) is 4.79 Å². The summed E-state index contributed by atoms with van der Waals surface area (Å²) in [5.41, 5.74) is 4.05. The predicted molar refractivity (Wildman–Crippen MR) is 126 cm³/mol. The molecule has 0 aliphatic rings. The molecule has 0 aromatic heterocycles. The van der Waals surface area contributed by atoms with Crippen molar-refractivity contribution in [3.8, 4) is 11.5 Å². The van der Waals surface area contributed by atoms with Crippen LogP contribution in [0, 0.1) is 27.7 Å². The van der Waals surface area contributed by atoms with E-state index in [9.17, 15) is 14.2 Å². The highest BCUT2D eigenvalue weighted by molar-refractivity contribution is 7.71. The normalized spacial score (nSPS) is 11.1. The van der Waals surface area contributed by atoms with Crippen molar-refractivity contribution in [3.63, 3.8) is 0 Å². The fourth-order valence-corrected chi connectivity index (χ4v) is 5.07. The maximum Gasteiger partial charge on any atom is 0.459 e. The van der Waals surface area contributed by atoms with Crippen molar-refractivity contribution in [2.45, 2.75) is 27.7 Å². The van der Waals surface area contributed by atoms with E-state index in [0.717, 1.165) is 22.3 Å². The quantitative estimate of drug-likeness (QED) is 0.354. The van der Waals surface area contributed by atoms with E-state index in [-0.39, 0.29) is 33.7 Å². The average Bonchev–Trinajstić information content (AvgIpc) is 2.81. The van der Waals surface area contributed by atoms with Gasteiger partial charge in [0.05, 0.1) is 19.8 Å². The van der Waals surface area contributed by atoms with E-state index < -0.39 is 13.3 Å². The van der Waals surface area contributed by atoms with Crippen LogP contribution in [0.5, 0.6) is 11.5 Å². The van der Waals surface area contributed by atoms with E-state index in [2.05, 4.69) is 0 Å². The summed E-state index contributed by atoms with van der Waals surface area (Å²) in [7, 11) is 0.260. The molecular weight excluding hydrogens is 423 g/mol. The highest BCUT2D eigenvalue weighted by atomic mass is 31.1. The van der Waals surface area contributed by atoms with Gasteiger partial charge < -0.3 is 9.47 Å². The van der Waals surface area contributed by atoms with Gasteiger partial charge in [-0.2, -0.15) is 0 Å². The molecule has 164 valence electrons. The monoisotopic (exact) mass is 449 g/mol. The molecule has 1 unspecified atom stereocenters. The lowest BCUT2D eigenvalue weighted by Gasteiger charge is -2.14. The molecule has 32 heavy (non-hydrogen) atoms. The highest BCUT2D eigenvalue weighted by Gasteiger charge is 2.40. The second kappa shape index (κ2) is 9.46. The Balaban J connectivity index is 2.14. The first kappa shape index (κ1) is 23.4. The largest absolute Gasteiger partial charge is 0.496 e. The van der Waals surface area contributed by atoms with Gasteiger partial charge in [0.15, 0.2) is 11.3 Å². The minimum Gasteiger partial charge on any atom is -0.496 e. The summed E-state index contributed by atoms with van der Waals surface area (Å²) in [5, 5.41) is 0.198. The molecule has 0 N–H and O–H groups in total. The Hall–Kier alpha value is -3.30. The lowest BCUT2D eigenvalue weighted by Crippen LogP contribution is -2.18. The lowest BCUT2D eigenvalue weighted by molar-refractivity contribution is 0.103. The number of ketones is 1. The van der Waals surface area contributed by atoms with Gasteiger partial charge in [-0.1, -0.05) is 28.8 Å². The number of benzene rings is 3. The summed E-state index contributed by atoms with van der Waals surface area (Å²) in [6.45, 7) is 7.73. The van der Waals surface area contributed by atoms with Crippen LogP contribution in [0.1, 0.15) is 48.5 Å². The molecule has 3 aromatic rings.